The summed E-state index contributed by atoms with van der Waals surface area (Å²) in [6, 6.07) is 52.4. The first kappa shape index (κ1) is 38.2. The van der Waals surface area contributed by atoms with Crippen LogP contribution in [0.25, 0.3) is 11.1 Å². The molecular formula is C49H42N2O6. The minimum atomic E-state index is -1.29. The summed E-state index contributed by atoms with van der Waals surface area (Å²) in [6.07, 6.45) is 0.0959. The number of hydrogen-bond acceptors (Lipinski definition) is 6. The van der Waals surface area contributed by atoms with Gasteiger partial charge in [0.15, 0.2) is 5.78 Å². The summed E-state index contributed by atoms with van der Waals surface area (Å²) in [5.41, 5.74) is 6.12. The fourth-order valence-electron chi connectivity index (χ4n) is 7.49. The normalized spacial score (nSPS) is 12.8. The van der Waals surface area contributed by atoms with Gasteiger partial charge in [0.2, 0.25) is 5.91 Å². The molecule has 2 N–H and O–H groups in total. The quantitative estimate of drug-likeness (QED) is 0.0378. The second-order valence-electron chi connectivity index (χ2n) is 13.9. The number of allylic oxidation sites excluding steroid dienone is 2. The van der Waals surface area contributed by atoms with Crippen LogP contribution in [0.5, 0.6) is 0 Å². The summed E-state index contributed by atoms with van der Waals surface area (Å²) in [7, 11) is 0. The Balaban J connectivity index is 1.12. The molecule has 6 aromatic rings. The fraction of sp³-hybridized carbons (Fsp3) is 0.143. The average molecular weight is 755 g/mol. The third kappa shape index (κ3) is 8.61. The van der Waals surface area contributed by atoms with Crippen molar-refractivity contribution in [3.63, 3.8) is 0 Å². The molecule has 1 aliphatic carbocycles. The molecule has 8 heteroatoms. The maximum absolute atomic E-state index is 14.2. The van der Waals surface area contributed by atoms with Gasteiger partial charge in [-0.05, 0) is 52.3 Å². The first-order chi connectivity index (χ1) is 27.8. The molecule has 1 atom stereocenters. The highest BCUT2D eigenvalue weighted by Gasteiger charge is 2.38. The predicted octanol–water partition coefficient (Wildman–Crippen LogP) is 9.11. The van der Waals surface area contributed by atoms with Gasteiger partial charge in [-0.15, -0.1) is 0 Å². The van der Waals surface area contributed by atoms with Crippen molar-refractivity contribution in [2.75, 3.05) is 6.61 Å². The maximum atomic E-state index is 14.2. The molecule has 0 saturated carbocycles. The highest BCUT2D eigenvalue weighted by Crippen LogP contribution is 2.44. The van der Waals surface area contributed by atoms with E-state index >= 15 is 0 Å². The number of rotatable bonds is 14. The van der Waals surface area contributed by atoms with E-state index in [0.29, 0.717) is 5.56 Å². The van der Waals surface area contributed by atoms with E-state index in [9.17, 15) is 19.2 Å². The van der Waals surface area contributed by atoms with Crippen molar-refractivity contribution in [1.82, 2.24) is 10.6 Å². The summed E-state index contributed by atoms with van der Waals surface area (Å²) in [4.78, 5) is 54.3. The number of carbonyl (C=O) groups is 4. The van der Waals surface area contributed by atoms with Crippen molar-refractivity contribution in [3.05, 3.63) is 215 Å². The van der Waals surface area contributed by atoms with Gasteiger partial charge < -0.3 is 20.1 Å². The van der Waals surface area contributed by atoms with Crippen molar-refractivity contribution in [3.8, 4) is 11.1 Å². The average Bonchev–Trinajstić information content (AvgIpc) is 3.58. The smallest absolute Gasteiger partial charge is 0.407 e. The molecule has 1 aliphatic rings. The van der Waals surface area contributed by atoms with Gasteiger partial charge in [0.1, 0.15) is 23.9 Å². The summed E-state index contributed by atoms with van der Waals surface area (Å²) in [5.74, 6) is -1.72. The molecule has 0 fully saturated rings. The molecule has 2 amide bonds. The van der Waals surface area contributed by atoms with Crippen LogP contribution >= 0.6 is 0 Å². The Bertz CT molecular complexity index is 2240. The van der Waals surface area contributed by atoms with E-state index in [1.54, 1.807) is 30.3 Å². The van der Waals surface area contributed by atoms with Crippen LogP contribution in [0.15, 0.2) is 182 Å². The molecule has 0 unspecified atom stereocenters. The van der Waals surface area contributed by atoms with Gasteiger partial charge in [-0.25, -0.2) is 9.59 Å². The van der Waals surface area contributed by atoms with E-state index in [4.69, 9.17) is 9.47 Å². The fourth-order valence-corrected chi connectivity index (χ4v) is 7.49. The molecule has 0 spiro atoms. The molecule has 6 aromatic carbocycles. The largest absolute Gasteiger partial charge is 0.449 e. The Hall–Kier alpha value is -7.06. The van der Waals surface area contributed by atoms with Crippen LogP contribution in [0.3, 0.4) is 0 Å². The third-order valence-corrected chi connectivity index (χ3v) is 10.2. The molecule has 284 valence electrons. The molecule has 57 heavy (non-hydrogen) atoms. The Morgan fingerprint density at radius 3 is 1.60 bits per heavy atom. The van der Waals surface area contributed by atoms with E-state index in [-0.39, 0.29) is 42.8 Å². The number of fused-ring (bicyclic) bond motifs is 3. The summed E-state index contributed by atoms with van der Waals surface area (Å²) in [5, 5.41) is 5.97. The zero-order valence-corrected chi connectivity index (χ0v) is 31.5. The van der Waals surface area contributed by atoms with Crippen molar-refractivity contribution >= 4 is 23.8 Å². The van der Waals surface area contributed by atoms with Crippen LogP contribution in [-0.4, -0.2) is 36.4 Å². The summed E-state index contributed by atoms with van der Waals surface area (Å²) >= 11 is 0. The number of esters is 1. The summed E-state index contributed by atoms with van der Waals surface area (Å²) in [6.45, 7) is 1.52. The van der Waals surface area contributed by atoms with Gasteiger partial charge in [0, 0.05) is 24.0 Å². The topological polar surface area (TPSA) is 111 Å². The highest BCUT2D eigenvalue weighted by molar-refractivity contribution is 6.04. The van der Waals surface area contributed by atoms with Crippen LogP contribution in [-0.2, 0) is 24.6 Å². The van der Waals surface area contributed by atoms with Gasteiger partial charge in [-0.3, -0.25) is 9.59 Å². The van der Waals surface area contributed by atoms with E-state index in [1.165, 1.54) is 13.0 Å². The minimum Gasteiger partial charge on any atom is -0.449 e. The van der Waals surface area contributed by atoms with E-state index in [1.807, 2.05) is 140 Å². The van der Waals surface area contributed by atoms with Gasteiger partial charge in [0.05, 0.1) is 0 Å². The summed E-state index contributed by atoms with van der Waals surface area (Å²) < 4.78 is 11.4. The van der Waals surface area contributed by atoms with Gasteiger partial charge in [-0.1, -0.05) is 170 Å². The van der Waals surface area contributed by atoms with Crippen LogP contribution in [0.4, 0.5) is 4.79 Å². The molecule has 0 saturated heterocycles. The number of carbonyl (C=O) groups excluding carboxylic acids is 4. The van der Waals surface area contributed by atoms with E-state index in [0.717, 1.165) is 38.9 Å². The molecule has 7 rings (SSSR count). The molecule has 0 heterocycles. The second-order valence-corrected chi connectivity index (χ2v) is 13.9. The Morgan fingerprint density at radius 2 is 1.09 bits per heavy atom. The van der Waals surface area contributed by atoms with Crippen molar-refractivity contribution in [2.45, 2.75) is 37.3 Å². The number of ketones is 1. The predicted molar refractivity (Wildman–Crippen MR) is 219 cm³/mol. The lowest BCUT2D eigenvalue weighted by molar-refractivity contribution is -0.142. The molecule has 0 radical (unpaired) electrons. The van der Waals surface area contributed by atoms with E-state index < -0.39 is 23.6 Å². The lowest BCUT2D eigenvalue weighted by Gasteiger charge is -2.37. The SMILES string of the molecule is C/C(=C\C(=O)c1ccccc1)OC(=O)[C@H](CCC(=O)NC(c1ccccc1)(c1ccccc1)c1ccccc1)NC(=O)OCC1c2ccccc2-c2ccccc21. The van der Waals surface area contributed by atoms with Crippen LogP contribution in [0.2, 0.25) is 0 Å². The molecule has 8 nitrogen and oxygen atoms in total. The molecule has 0 bridgehead atoms. The highest BCUT2D eigenvalue weighted by atomic mass is 16.6. The van der Waals surface area contributed by atoms with Crippen LogP contribution in [0, 0.1) is 0 Å². The zero-order valence-electron chi connectivity index (χ0n) is 31.5. The maximum Gasteiger partial charge on any atom is 0.407 e. The molecule has 0 aromatic heterocycles. The van der Waals surface area contributed by atoms with Crippen molar-refractivity contribution < 1.29 is 28.7 Å². The van der Waals surface area contributed by atoms with Crippen LogP contribution in [0.1, 0.15) is 63.9 Å². The zero-order chi connectivity index (χ0) is 39.6. The standard InChI is InChI=1S/C49H42N2O6/c1-34(32-45(52)35-18-6-2-7-19-35)57-47(54)44(50-48(55)56-33-43-41-28-16-14-26-39(41)40-27-15-17-29-42(40)43)30-31-46(53)51-49(36-20-8-3-9-21-36,37-22-10-4-11-23-37)38-24-12-5-13-25-38/h2-29,32,43-44H,30-31,33H2,1H3,(H,50,55)(H,51,53)/b34-32+/t44-/m0/s1. The number of alkyl carbamates (subject to hydrolysis) is 1. The van der Waals surface area contributed by atoms with Crippen LogP contribution < -0.4 is 10.6 Å². The Labute approximate surface area is 332 Å². The van der Waals surface area contributed by atoms with E-state index in [2.05, 4.69) is 10.6 Å². The molecule has 0 aliphatic heterocycles. The first-order valence-corrected chi connectivity index (χ1v) is 18.9. The van der Waals surface area contributed by atoms with Gasteiger partial charge in [0.25, 0.3) is 0 Å². The number of ether oxygens (including phenoxy) is 2. The number of nitrogens with one attached hydrogen (secondary N) is 2. The monoisotopic (exact) mass is 754 g/mol. The Morgan fingerprint density at radius 1 is 0.632 bits per heavy atom. The number of hydrogen-bond donors (Lipinski definition) is 2. The van der Waals surface area contributed by atoms with Crippen molar-refractivity contribution in [1.29, 1.82) is 0 Å². The lowest BCUT2D eigenvalue weighted by Crippen LogP contribution is -2.48. The Kier molecular flexibility index (Phi) is 11.8. The number of amides is 2. The second kappa shape index (κ2) is 17.6. The van der Waals surface area contributed by atoms with Gasteiger partial charge in [-0.2, -0.15) is 0 Å². The molecular weight excluding hydrogens is 713 g/mol. The van der Waals surface area contributed by atoms with Gasteiger partial charge >= 0.3 is 12.1 Å². The van der Waals surface area contributed by atoms with Crippen molar-refractivity contribution in [2.24, 2.45) is 0 Å². The lowest BCUT2D eigenvalue weighted by atomic mass is 9.77. The minimum absolute atomic E-state index is 0.0281. The number of benzene rings is 6. The first-order valence-electron chi connectivity index (χ1n) is 18.9. The third-order valence-electron chi connectivity index (χ3n) is 10.2.